The van der Waals surface area contributed by atoms with Crippen LogP contribution in [0.15, 0.2) is 12.3 Å². The molecule has 4 nitrogen and oxygen atoms in total. The molecule has 82 valence electrons. The molecule has 0 bridgehead atoms. The Morgan fingerprint density at radius 1 is 1.53 bits per heavy atom. The zero-order valence-electron chi connectivity index (χ0n) is 9.59. The number of aryl methyl sites for hydroxylation is 1. The number of nitrogens with one attached hydrogen (secondary N) is 1. The Hall–Kier alpha value is -1.42. The van der Waals surface area contributed by atoms with Crippen molar-refractivity contribution in [3.05, 3.63) is 23.4 Å². The molecule has 0 aromatic carbocycles. The van der Waals surface area contributed by atoms with Crippen LogP contribution in [-0.4, -0.2) is 23.4 Å². The topological polar surface area (TPSA) is 68.0 Å². The largest absolute Gasteiger partial charge is 0.383 e. The fourth-order valence-electron chi connectivity index (χ4n) is 1.30. The molecule has 1 rings (SSSR count). The Kier molecular flexibility index (Phi) is 3.09. The summed E-state index contributed by atoms with van der Waals surface area (Å²) in [7, 11) is 1.75. The zero-order valence-corrected chi connectivity index (χ0v) is 9.59. The molecule has 1 aromatic rings. The number of aromatic nitrogens is 1. The number of likely N-dealkylation sites (N-methyl/N-ethyl adjacent to an activating group) is 1. The van der Waals surface area contributed by atoms with E-state index in [1.807, 2.05) is 20.8 Å². The molecule has 0 aliphatic rings. The van der Waals surface area contributed by atoms with Gasteiger partial charge < -0.3 is 11.1 Å². The van der Waals surface area contributed by atoms with Gasteiger partial charge in [-0.05, 0) is 39.4 Å². The number of carbonyl (C=O) groups excluding carboxylic acids is 1. The molecule has 0 radical (unpaired) electrons. The molecule has 15 heavy (non-hydrogen) atoms. The second kappa shape index (κ2) is 3.98. The number of rotatable bonds is 3. The van der Waals surface area contributed by atoms with Gasteiger partial charge in [0.25, 0.3) is 0 Å². The van der Waals surface area contributed by atoms with Gasteiger partial charge >= 0.3 is 0 Å². The molecule has 0 saturated heterocycles. The number of Topliss-reactive ketones (excluding diaryl/α,β-unsaturated/α-hetero) is 1. The molecule has 0 spiro atoms. The lowest BCUT2D eigenvalue weighted by molar-refractivity contribution is 0.0889. The average Bonchev–Trinajstić information content (AvgIpc) is 2.17. The summed E-state index contributed by atoms with van der Waals surface area (Å²) in [5, 5.41) is 2.96. The Bertz CT molecular complexity index is 365. The van der Waals surface area contributed by atoms with E-state index in [2.05, 4.69) is 10.3 Å². The van der Waals surface area contributed by atoms with Gasteiger partial charge in [0, 0.05) is 6.20 Å². The predicted molar refractivity (Wildman–Crippen MR) is 60.9 cm³/mol. The van der Waals surface area contributed by atoms with Crippen molar-refractivity contribution in [2.24, 2.45) is 0 Å². The first-order valence-corrected chi connectivity index (χ1v) is 4.85. The number of carbonyl (C=O) groups is 1. The van der Waals surface area contributed by atoms with Gasteiger partial charge in [0.2, 0.25) is 0 Å². The highest BCUT2D eigenvalue weighted by Gasteiger charge is 2.29. The highest BCUT2D eigenvalue weighted by Crippen LogP contribution is 2.20. The summed E-state index contributed by atoms with van der Waals surface area (Å²) in [4.78, 5) is 16.1. The molecule has 3 N–H and O–H groups in total. The minimum atomic E-state index is -0.623. The summed E-state index contributed by atoms with van der Waals surface area (Å²) in [5.74, 6) is 0.261. The van der Waals surface area contributed by atoms with Crippen LogP contribution in [0.3, 0.4) is 0 Å². The molecular weight excluding hydrogens is 190 g/mol. The van der Waals surface area contributed by atoms with Gasteiger partial charge in [-0.1, -0.05) is 0 Å². The van der Waals surface area contributed by atoms with E-state index in [0.29, 0.717) is 11.4 Å². The van der Waals surface area contributed by atoms with E-state index in [-0.39, 0.29) is 5.78 Å². The molecule has 4 heteroatoms. The standard InChI is InChI=1S/C11H17N3O/c1-7-5-6-14-10(12)8(7)9(15)11(2,3)13-4/h5-6,13H,1-4H3,(H2,12,14). The average molecular weight is 207 g/mol. The van der Waals surface area contributed by atoms with Crippen LogP contribution in [0.2, 0.25) is 0 Å². The van der Waals surface area contributed by atoms with Crippen molar-refractivity contribution in [2.45, 2.75) is 26.3 Å². The van der Waals surface area contributed by atoms with Crippen LogP contribution in [0.25, 0.3) is 0 Å². The molecule has 0 unspecified atom stereocenters. The van der Waals surface area contributed by atoms with E-state index in [9.17, 15) is 4.79 Å². The van der Waals surface area contributed by atoms with Gasteiger partial charge in [-0.25, -0.2) is 4.98 Å². The number of nitrogens with two attached hydrogens (primary N) is 1. The van der Waals surface area contributed by atoms with E-state index >= 15 is 0 Å². The maximum Gasteiger partial charge on any atom is 0.186 e. The maximum atomic E-state index is 12.2. The summed E-state index contributed by atoms with van der Waals surface area (Å²) >= 11 is 0. The molecule has 0 fully saturated rings. The summed E-state index contributed by atoms with van der Waals surface area (Å²) in [6, 6.07) is 1.79. The first-order chi connectivity index (χ1) is 6.90. The van der Waals surface area contributed by atoms with Gasteiger partial charge in [0.15, 0.2) is 5.78 Å². The lowest BCUT2D eigenvalue weighted by Gasteiger charge is -2.23. The number of nitrogens with zero attached hydrogens (tertiary/aromatic N) is 1. The number of hydrogen-bond acceptors (Lipinski definition) is 4. The summed E-state index contributed by atoms with van der Waals surface area (Å²) < 4.78 is 0. The van der Waals surface area contributed by atoms with E-state index in [0.717, 1.165) is 5.56 Å². The molecule has 0 saturated carbocycles. The number of pyridine rings is 1. The lowest BCUT2D eigenvalue weighted by Crippen LogP contribution is -2.45. The van der Waals surface area contributed by atoms with E-state index < -0.39 is 5.54 Å². The number of ketones is 1. The van der Waals surface area contributed by atoms with Crippen molar-refractivity contribution in [1.29, 1.82) is 0 Å². The van der Waals surface area contributed by atoms with Crippen LogP contribution in [0.1, 0.15) is 29.8 Å². The summed E-state index contributed by atoms with van der Waals surface area (Å²) in [6.07, 6.45) is 1.60. The van der Waals surface area contributed by atoms with Gasteiger partial charge in [-0.2, -0.15) is 0 Å². The Morgan fingerprint density at radius 3 is 2.60 bits per heavy atom. The normalized spacial score (nSPS) is 11.5. The lowest BCUT2D eigenvalue weighted by atomic mass is 9.91. The predicted octanol–water partition coefficient (Wildman–Crippen LogP) is 1.15. The van der Waals surface area contributed by atoms with Crippen LogP contribution < -0.4 is 11.1 Å². The fourth-order valence-corrected chi connectivity index (χ4v) is 1.30. The van der Waals surface area contributed by atoms with Gasteiger partial charge in [0.1, 0.15) is 5.82 Å². The molecule has 1 aromatic heterocycles. The van der Waals surface area contributed by atoms with E-state index in [4.69, 9.17) is 5.73 Å². The number of hydrogen-bond donors (Lipinski definition) is 2. The highest BCUT2D eigenvalue weighted by molar-refractivity contribution is 6.06. The SMILES string of the molecule is CNC(C)(C)C(=O)c1c(C)ccnc1N. The van der Waals surface area contributed by atoms with Crippen LogP contribution in [0, 0.1) is 6.92 Å². The van der Waals surface area contributed by atoms with Gasteiger partial charge in [-0.15, -0.1) is 0 Å². The number of nitrogen functional groups attached to an aromatic ring is 1. The minimum absolute atomic E-state index is 0.0342. The third-order valence-corrected chi connectivity index (χ3v) is 2.61. The molecule has 0 amide bonds. The van der Waals surface area contributed by atoms with Gasteiger partial charge in [0.05, 0.1) is 11.1 Å². The third-order valence-electron chi connectivity index (χ3n) is 2.61. The first kappa shape index (κ1) is 11.7. The molecular formula is C11H17N3O. The van der Waals surface area contributed by atoms with Crippen molar-refractivity contribution in [1.82, 2.24) is 10.3 Å². The molecule has 0 aliphatic heterocycles. The van der Waals surface area contributed by atoms with Crippen molar-refractivity contribution in [2.75, 3.05) is 12.8 Å². The number of anilines is 1. The maximum absolute atomic E-state index is 12.2. The Labute approximate surface area is 89.9 Å². The molecule has 1 heterocycles. The van der Waals surface area contributed by atoms with E-state index in [1.54, 1.807) is 19.3 Å². The highest BCUT2D eigenvalue weighted by atomic mass is 16.1. The smallest absolute Gasteiger partial charge is 0.186 e. The zero-order chi connectivity index (χ0) is 11.6. The van der Waals surface area contributed by atoms with Crippen molar-refractivity contribution >= 4 is 11.6 Å². The van der Waals surface area contributed by atoms with Crippen LogP contribution in [-0.2, 0) is 0 Å². The quantitative estimate of drug-likeness (QED) is 0.730. The molecule has 0 aliphatic carbocycles. The van der Waals surface area contributed by atoms with Crippen molar-refractivity contribution in [3.8, 4) is 0 Å². The summed E-state index contributed by atoms with van der Waals surface area (Å²) in [6.45, 7) is 5.50. The molecule has 0 atom stereocenters. The minimum Gasteiger partial charge on any atom is -0.383 e. The third kappa shape index (κ3) is 2.15. The summed E-state index contributed by atoms with van der Waals surface area (Å²) in [5.41, 5.74) is 6.46. The van der Waals surface area contributed by atoms with Gasteiger partial charge in [-0.3, -0.25) is 4.79 Å². The monoisotopic (exact) mass is 207 g/mol. The van der Waals surface area contributed by atoms with Crippen LogP contribution >= 0.6 is 0 Å². The second-order valence-corrected chi connectivity index (χ2v) is 4.09. The first-order valence-electron chi connectivity index (χ1n) is 4.85. The fraction of sp³-hybridized carbons (Fsp3) is 0.455. The Balaban J connectivity index is 3.23. The van der Waals surface area contributed by atoms with Crippen LogP contribution in [0.5, 0.6) is 0 Å². The van der Waals surface area contributed by atoms with E-state index in [1.165, 1.54) is 0 Å². The van der Waals surface area contributed by atoms with Crippen molar-refractivity contribution in [3.63, 3.8) is 0 Å². The van der Waals surface area contributed by atoms with Crippen LogP contribution in [0.4, 0.5) is 5.82 Å². The second-order valence-electron chi connectivity index (χ2n) is 4.09. The van der Waals surface area contributed by atoms with Crippen molar-refractivity contribution < 1.29 is 4.79 Å². The Morgan fingerprint density at radius 2 is 2.13 bits per heavy atom.